The van der Waals surface area contributed by atoms with Crippen LogP contribution in [0.4, 0.5) is 6.18 Å². The fourth-order valence-electron chi connectivity index (χ4n) is 3.65. The van der Waals surface area contributed by atoms with Gasteiger partial charge in [-0.25, -0.2) is 0 Å². The summed E-state index contributed by atoms with van der Waals surface area (Å²) in [4.78, 5) is 26.5. The number of amides is 2. The number of nitrogens with zero attached hydrogens (tertiary/aromatic N) is 2. The Labute approximate surface area is 202 Å². The summed E-state index contributed by atoms with van der Waals surface area (Å²) in [5, 5.41) is 0. The molecule has 0 aliphatic heterocycles. The third kappa shape index (κ3) is 8.04. The van der Waals surface area contributed by atoms with E-state index < -0.39 is 30.0 Å². The fourth-order valence-corrected chi connectivity index (χ4v) is 6.61. The SMILES string of the molecule is CC(C)CCC[N](C(=O)c1ccccc1)[Ti]([F])([F])[N](CCCC(C)C)C(=O)c1ccccc1. The number of benzene rings is 2. The van der Waals surface area contributed by atoms with Crippen molar-refractivity contribution in [1.29, 1.82) is 0 Å². The molecule has 2 aromatic rings. The molecule has 2 rings (SSSR count). The van der Waals surface area contributed by atoms with Crippen molar-refractivity contribution in [2.45, 2.75) is 53.4 Å². The first-order valence-electron chi connectivity index (χ1n) is 11.8. The summed E-state index contributed by atoms with van der Waals surface area (Å²) in [6.45, 7) is 8.00. The van der Waals surface area contributed by atoms with Crippen molar-refractivity contribution >= 4 is 11.8 Å². The first kappa shape index (κ1) is 27.2. The van der Waals surface area contributed by atoms with Crippen LogP contribution < -0.4 is 0 Å². The molecule has 0 aromatic heterocycles. The van der Waals surface area contributed by atoms with Gasteiger partial charge in [0.15, 0.2) is 0 Å². The second-order valence-electron chi connectivity index (χ2n) is 9.23. The van der Waals surface area contributed by atoms with Crippen LogP contribution in [0.1, 0.15) is 74.1 Å². The van der Waals surface area contributed by atoms with Crippen molar-refractivity contribution in [2.24, 2.45) is 11.8 Å². The monoisotopic (exact) mass is 494 g/mol. The Balaban J connectivity index is 2.41. The number of hydrogen-bond donors (Lipinski definition) is 0. The van der Waals surface area contributed by atoms with Crippen molar-refractivity contribution in [3.8, 4) is 0 Å². The van der Waals surface area contributed by atoms with Crippen molar-refractivity contribution in [2.75, 3.05) is 13.1 Å². The van der Waals surface area contributed by atoms with E-state index >= 15 is 6.18 Å². The van der Waals surface area contributed by atoms with E-state index in [2.05, 4.69) is 0 Å². The molecule has 0 aliphatic carbocycles. The van der Waals surface area contributed by atoms with Gasteiger partial charge < -0.3 is 0 Å². The molecule has 7 heteroatoms. The van der Waals surface area contributed by atoms with E-state index in [1.807, 2.05) is 27.7 Å². The summed E-state index contributed by atoms with van der Waals surface area (Å²) < 4.78 is 34.1. The van der Waals surface area contributed by atoms with Crippen molar-refractivity contribution in [3.63, 3.8) is 0 Å². The van der Waals surface area contributed by atoms with Crippen LogP contribution in [0, 0.1) is 11.8 Å². The van der Waals surface area contributed by atoms with E-state index in [0.717, 1.165) is 19.6 Å². The summed E-state index contributed by atoms with van der Waals surface area (Å²) in [5.41, 5.74) is 0.447. The minimum absolute atomic E-state index is 0.0539. The molecule has 180 valence electrons. The van der Waals surface area contributed by atoms with Gasteiger partial charge in [-0.2, -0.15) is 0 Å². The number of hydrogen-bond acceptors (Lipinski definition) is 2. The molecule has 0 N–H and O–H groups in total. The van der Waals surface area contributed by atoms with Gasteiger partial charge in [-0.05, 0) is 0 Å². The summed E-state index contributed by atoms with van der Waals surface area (Å²) in [5.74, 6) is -0.709. The minimum atomic E-state index is -6.28. The van der Waals surface area contributed by atoms with E-state index in [-0.39, 0.29) is 24.2 Å². The molecule has 0 saturated carbocycles. The summed E-state index contributed by atoms with van der Waals surface area (Å²) in [7, 11) is 0. The van der Waals surface area contributed by atoms with Crippen LogP contribution >= 0.6 is 0 Å². The van der Waals surface area contributed by atoms with Crippen molar-refractivity contribution in [1.82, 2.24) is 6.76 Å². The number of carbonyl (C=O) groups is 2. The molecular formula is C26H36F2N2O2Ti. The zero-order valence-electron chi connectivity index (χ0n) is 20.1. The predicted octanol–water partition coefficient (Wildman–Crippen LogP) is 6.90. The van der Waals surface area contributed by atoms with Gasteiger partial charge in [-0.1, -0.05) is 0 Å². The number of halogens is 2. The molecule has 0 bridgehead atoms. The summed E-state index contributed by atoms with van der Waals surface area (Å²) in [6, 6.07) is 16.4. The Bertz CT molecular complexity index is 805. The first-order valence-corrected chi connectivity index (χ1v) is 14.3. The summed E-state index contributed by atoms with van der Waals surface area (Å²) >= 11 is -6.28. The van der Waals surface area contributed by atoms with Crippen LogP contribution in [0.2, 0.25) is 0 Å². The van der Waals surface area contributed by atoms with Gasteiger partial charge in [0.2, 0.25) is 0 Å². The van der Waals surface area contributed by atoms with Crippen LogP contribution in [0.5, 0.6) is 0 Å². The quantitative estimate of drug-likeness (QED) is 0.301. The Morgan fingerprint density at radius 2 is 1.03 bits per heavy atom. The van der Waals surface area contributed by atoms with Gasteiger partial charge >= 0.3 is 203 Å². The number of carbonyl (C=O) groups excluding carboxylic acids is 2. The van der Waals surface area contributed by atoms with Crippen LogP contribution in [0.15, 0.2) is 60.7 Å². The van der Waals surface area contributed by atoms with Crippen LogP contribution in [-0.4, -0.2) is 31.7 Å². The zero-order chi connectivity index (χ0) is 24.4. The molecule has 4 nitrogen and oxygen atoms in total. The molecule has 0 radical (unpaired) electrons. The Kier molecular flexibility index (Phi) is 10.7. The predicted molar refractivity (Wildman–Crippen MR) is 125 cm³/mol. The van der Waals surface area contributed by atoms with Crippen LogP contribution in [-0.2, 0) is 18.2 Å². The molecule has 0 atom stereocenters. The van der Waals surface area contributed by atoms with Gasteiger partial charge in [-0.3, -0.25) is 0 Å². The van der Waals surface area contributed by atoms with E-state index in [4.69, 9.17) is 0 Å². The van der Waals surface area contributed by atoms with E-state index in [1.165, 1.54) is 0 Å². The van der Waals surface area contributed by atoms with E-state index in [0.29, 0.717) is 24.7 Å². The average molecular weight is 494 g/mol. The fraction of sp³-hybridized carbons (Fsp3) is 0.462. The van der Waals surface area contributed by atoms with Crippen LogP contribution in [0.25, 0.3) is 0 Å². The van der Waals surface area contributed by atoms with E-state index in [9.17, 15) is 9.59 Å². The van der Waals surface area contributed by atoms with Gasteiger partial charge in [-0.15, -0.1) is 0 Å². The Morgan fingerprint density at radius 3 is 1.33 bits per heavy atom. The average Bonchev–Trinajstić information content (AvgIpc) is 2.79. The molecule has 33 heavy (non-hydrogen) atoms. The molecule has 0 aliphatic rings. The van der Waals surface area contributed by atoms with Crippen molar-refractivity contribution < 1.29 is 33.9 Å². The Morgan fingerprint density at radius 1 is 0.697 bits per heavy atom. The second-order valence-corrected chi connectivity index (χ2v) is 12.5. The molecule has 2 amide bonds. The van der Waals surface area contributed by atoms with Crippen molar-refractivity contribution in [3.05, 3.63) is 71.8 Å². The molecule has 0 fully saturated rings. The van der Waals surface area contributed by atoms with E-state index in [1.54, 1.807) is 60.7 Å². The standard InChI is InChI=1S/2C13H19NO.2FH.Ti/c2*1-11(2)7-6-10-14-13(15)12-8-4-3-5-9-12;;;/h2*3-5,8-9,11H,6-7,10H2,1-2H3,(H,14,15);2*1H;/q;;;;+4/p-4. The molecule has 2 aromatic carbocycles. The van der Waals surface area contributed by atoms with Gasteiger partial charge in [0, 0.05) is 0 Å². The molecule has 0 unspecified atom stereocenters. The molecular weight excluding hydrogens is 458 g/mol. The topological polar surface area (TPSA) is 40.6 Å². The summed E-state index contributed by atoms with van der Waals surface area (Å²) in [6.07, 6.45) is 2.40. The normalized spacial score (nSPS) is 11.6. The zero-order valence-corrected chi connectivity index (χ0v) is 21.7. The molecule has 0 saturated heterocycles. The number of rotatable bonds is 12. The maximum atomic E-state index is 16.3. The first-order chi connectivity index (χ1) is 15.6. The van der Waals surface area contributed by atoms with Gasteiger partial charge in [0.25, 0.3) is 0 Å². The van der Waals surface area contributed by atoms with Gasteiger partial charge in [0.05, 0.1) is 0 Å². The Hall–Kier alpha value is -2.05. The van der Waals surface area contributed by atoms with Gasteiger partial charge in [0.1, 0.15) is 0 Å². The second kappa shape index (κ2) is 13.0. The maximum absolute atomic E-state index is 16.3. The third-order valence-corrected chi connectivity index (χ3v) is 8.87. The third-order valence-electron chi connectivity index (χ3n) is 5.51. The molecule has 0 heterocycles. The van der Waals surface area contributed by atoms with Crippen LogP contribution in [0.3, 0.4) is 0 Å². The molecule has 0 spiro atoms.